The third kappa shape index (κ3) is 5.46. The number of nitrogens with one attached hydrogen (secondary N) is 1. The Morgan fingerprint density at radius 3 is 2.50 bits per heavy atom. The predicted molar refractivity (Wildman–Crippen MR) is 124 cm³/mol. The number of aromatic nitrogens is 2. The van der Waals surface area contributed by atoms with E-state index < -0.39 is 5.91 Å². The molecule has 3 rings (SSSR count). The van der Waals surface area contributed by atoms with Crippen molar-refractivity contribution in [2.24, 2.45) is 12.8 Å². The number of nitrogens with zero attached hydrogens (tertiary/aromatic N) is 4. The summed E-state index contributed by atoms with van der Waals surface area (Å²) < 4.78 is 7.15. The molecule has 2 amide bonds. The van der Waals surface area contributed by atoms with Gasteiger partial charge in [0.2, 0.25) is 0 Å². The highest BCUT2D eigenvalue weighted by Crippen LogP contribution is 2.26. The first-order valence-electron chi connectivity index (χ1n) is 11.2. The molecule has 0 unspecified atom stereocenters. The quantitative estimate of drug-likeness (QED) is 0.614. The number of hydrogen-bond acceptors (Lipinski definition) is 6. The number of carbonyl (C=O) groups is 2. The van der Waals surface area contributed by atoms with Gasteiger partial charge in [-0.2, -0.15) is 5.10 Å². The molecule has 0 atom stereocenters. The van der Waals surface area contributed by atoms with Crippen LogP contribution >= 0.6 is 0 Å². The number of ether oxygens (including phenoxy) is 1. The molecule has 0 bridgehead atoms. The van der Waals surface area contributed by atoms with Crippen molar-refractivity contribution in [2.45, 2.75) is 33.2 Å². The maximum absolute atomic E-state index is 13.3. The minimum atomic E-state index is -0.633. The van der Waals surface area contributed by atoms with Crippen LogP contribution in [0.3, 0.4) is 0 Å². The lowest BCUT2D eigenvalue weighted by Crippen LogP contribution is -2.43. The molecule has 2 heterocycles. The molecule has 0 spiro atoms. The Bertz CT molecular complexity index is 963. The molecule has 174 valence electrons. The summed E-state index contributed by atoms with van der Waals surface area (Å²) in [6.07, 6.45) is 1.45. The Morgan fingerprint density at radius 2 is 1.88 bits per heavy atom. The van der Waals surface area contributed by atoms with Crippen LogP contribution in [0.4, 0.5) is 5.69 Å². The van der Waals surface area contributed by atoms with E-state index in [1.165, 1.54) is 4.68 Å². The van der Waals surface area contributed by atoms with Crippen molar-refractivity contribution in [1.82, 2.24) is 19.6 Å². The summed E-state index contributed by atoms with van der Waals surface area (Å²) in [6, 6.07) is 5.72. The molecule has 1 aromatic carbocycles. The van der Waals surface area contributed by atoms with Gasteiger partial charge in [-0.3, -0.25) is 19.2 Å². The summed E-state index contributed by atoms with van der Waals surface area (Å²) in [5, 5.41) is 7.28. The number of piperazine rings is 1. The van der Waals surface area contributed by atoms with Gasteiger partial charge in [0.05, 0.1) is 23.6 Å². The minimum Gasteiger partial charge on any atom is -0.493 e. The Morgan fingerprint density at radius 1 is 1.16 bits per heavy atom. The zero-order valence-electron chi connectivity index (χ0n) is 19.5. The third-order valence-corrected chi connectivity index (χ3v) is 5.67. The van der Waals surface area contributed by atoms with Crippen molar-refractivity contribution in [1.29, 1.82) is 0 Å². The van der Waals surface area contributed by atoms with Gasteiger partial charge in [-0.05, 0) is 38.1 Å². The van der Waals surface area contributed by atoms with Gasteiger partial charge in [-0.1, -0.05) is 19.4 Å². The van der Waals surface area contributed by atoms with Crippen molar-refractivity contribution >= 4 is 17.5 Å². The van der Waals surface area contributed by atoms with E-state index in [-0.39, 0.29) is 11.6 Å². The molecule has 1 aliphatic heterocycles. The summed E-state index contributed by atoms with van der Waals surface area (Å²) in [5.74, 6) is -0.471. The van der Waals surface area contributed by atoms with E-state index in [4.69, 9.17) is 10.5 Å². The van der Waals surface area contributed by atoms with E-state index in [1.807, 2.05) is 32.0 Å². The third-order valence-electron chi connectivity index (χ3n) is 5.67. The van der Waals surface area contributed by atoms with Crippen LogP contribution in [0.5, 0.6) is 5.75 Å². The van der Waals surface area contributed by atoms with Gasteiger partial charge in [0.15, 0.2) is 0 Å². The Labute approximate surface area is 189 Å². The van der Waals surface area contributed by atoms with Crippen LogP contribution in [0, 0.1) is 0 Å². The summed E-state index contributed by atoms with van der Waals surface area (Å²) in [6.45, 7) is 9.14. The van der Waals surface area contributed by atoms with Crippen LogP contribution in [0.15, 0.2) is 18.2 Å². The molecule has 1 aliphatic rings. The van der Waals surface area contributed by atoms with Crippen LogP contribution in [-0.2, 0) is 20.0 Å². The molecule has 1 fully saturated rings. The molecule has 1 aromatic heterocycles. The first-order valence-corrected chi connectivity index (χ1v) is 11.2. The van der Waals surface area contributed by atoms with Gasteiger partial charge in [-0.15, -0.1) is 0 Å². The number of benzene rings is 1. The average Bonchev–Trinajstić information content (AvgIpc) is 3.06. The van der Waals surface area contributed by atoms with E-state index in [2.05, 4.69) is 27.3 Å². The number of nitrogens with two attached hydrogens (primary N) is 1. The minimum absolute atomic E-state index is 0.188. The first-order chi connectivity index (χ1) is 15.3. The highest BCUT2D eigenvalue weighted by molar-refractivity contribution is 6.10. The number of amides is 2. The van der Waals surface area contributed by atoms with Gasteiger partial charge in [0.25, 0.3) is 11.8 Å². The summed E-state index contributed by atoms with van der Waals surface area (Å²) in [4.78, 5) is 30.0. The van der Waals surface area contributed by atoms with E-state index in [1.54, 1.807) is 7.05 Å². The molecule has 0 radical (unpaired) electrons. The molecule has 9 nitrogen and oxygen atoms in total. The lowest BCUT2D eigenvalue weighted by molar-refractivity contribution is 0.0992. The number of anilines is 1. The Balaban J connectivity index is 1.89. The standard InChI is InChI=1S/C23H34N6O3/c1-5-7-18-20(21(22(24)30)28(4)26-18)25-23(31)17-14-16(8-9-19(17)32-6-2)15-29-12-10-27(3)11-13-29/h8-9,14H,5-7,10-13,15H2,1-4H3,(H2,24,30)(H,25,31). The van der Waals surface area contributed by atoms with Gasteiger partial charge in [0, 0.05) is 39.8 Å². The second kappa shape index (κ2) is 10.6. The summed E-state index contributed by atoms with van der Waals surface area (Å²) in [7, 11) is 3.78. The van der Waals surface area contributed by atoms with Crippen molar-refractivity contribution in [3.05, 3.63) is 40.7 Å². The van der Waals surface area contributed by atoms with Crippen molar-refractivity contribution in [3.8, 4) is 5.75 Å². The van der Waals surface area contributed by atoms with Crippen LogP contribution in [0.1, 0.15) is 52.4 Å². The molecule has 2 aromatic rings. The predicted octanol–water partition coefficient (Wildman–Crippen LogP) is 1.87. The fraction of sp³-hybridized carbons (Fsp3) is 0.522. The normalized spacial score (nSPS) is 15.0. The molecule has 0 aliphatic carbocycles. The Kier molecular flexibility index (Phi) is 7.87. The fourth-order valence-corrected chi connectivity index (χ4v) is 3.98. The monoisotopic (exact) mass is 442 g/mol. The second-order valence-electron chi connectivity index (χ2n) is 8.21. The highest BCUT2D eigenvalue weighted by atomic mass is 16.5. The highest BCUT2D eigenvalue weighted by Gasteiger charge is 2.24. The van der Waals surface area contributed by atoms with Crippen LogP contribution in [0.25, 0.3) is 0 Å². The number of likely N-dealkylation sites (N-methyl/N-ethyl adjacent to an activating group) is 1. The van der Waals surface area contributed by atoms with Crippen molar-refractivity contribution < 1.29 is 14.3 Å². The van der Waals surface area contributed by atoms with Gasteiger partial charge < -0.3 is 20.7 Å². The molecule has 9 heteroatoms. The molecular weight excluding hydrogens is 408 g/mol. The van der Waals surface area contributed by atoms with Gasteiger partial charge in [-0.25, -0.2) is 0 Å². The number of primary amides is 1. The smallest absolute Gasteiger partial charge is 0.269 e. The number of rotatable bonds is 9. The van der Waals surface area contributed by atoms with Crippen molar-refractivity contribution in [2.75, 3.05) is 45.2 Å². The van der Waals surface area contributed by atoms with Crippen LogP contribution < -0.4 is 15.8 Å². The molecule has 0 saturated carbocycles. The molecule has 32 heavy (non-hydrogen) atoms. The number of carbonyl (C=O) groups excluding carboxylic acids is 2. The van der Waals surface area contributed by atoms with E-state index >= 15 is 0 Å². The average molecular weight is 443 g/mol. The number of hydrogen-bond donors (Lipinski definition) is 2. The van der Waals surface area contributed by atoms with E-state index in [0.717, 1.165) is 44.7 Å². The maximum Gasteiger partial charge on any atom is 0.269 e. The molecular formula is C23H34N6O3. The van der Waals surface area contributed by atoms with E-state index in [9.17, 15) is 9.59 Å². The SMILES string of the molecule is CCCc1nn(C)c(C(N)=O)c1NC(=O)c1cc(CN2CCN(C)CC2)ccc1OCC. The van der Waals surface area contributed by atoms with E-state index in [0.29, 0.717) is 35.7 Å². The van der Waals surface area contributed by atoms with Crippen LogP contribution in [-0.4, -0.2) is 71.2 Å². The summed E-state index contributed by atoms with van der Waals surface area (Å²) in [5.41, 5.74) is 8.25. The fourth-order valence-electron chi connectivity index (χ4n) is 3.98. The number of aryl methyl sites for hydroxylation is 2. The first kappa shape index (κ1) is 23.7. The topological polar surface area (TPSA) is 106 Å². The van der Waals surface area contributed by atoms with Gasteiger partial charge in [0.1, 0.15) is 11.4 Å². The lowest BCUT2D eigenvalue weighted by Gasteiger charge is -2.32. The van der Waals surface area contributed by atoms with Gasteiger partial charge >= 0.3 is 0 Å². The summed E-state index contributed by atoms with van der Waals surface area (Å²) >= 11 is 0. The Hall–Kier alpha value is -2.91. The van der Waals surface area contributed by atoms with Crippen molar-refractivity contribution in [3.63, 3.8) is 0 Å². The molecule has 3 N–H and O–H groups in total. The molecule has 1 saturated heterocycles. The van der Waals surface area contributed by atoms with Crippen LogP contribution in [0.2, 0.25) is 0 Å². The zero-order chi connectivity index (χ0) is 23.3. The maximum atomic E-state index is 13.3. The second-order valence-corrected chi connectivity index (χ2v) is 8.21. The lowest BCUT2D eigenvalue weighted by atomic mass is 10.1. The zero-order valence-corrected chi connectivity index (χ0v) is 19.5. The largest absolute Gasteiger partial charge is 0.493 e.